The highest BCUT2D eigenvalue weighted by molar-refractivity contribution is 7.11. The number of aryl methyl sites for hydroxylation is 1. The minimum absolute atomic E-state index is 0.0376. The Balaban J connectivity index is 2.52. The zero-order chi connectivity index (χ0) is 14.8. The van der Waals surface area contributed by atoms with E-state index in [1.807, 2.05) is 6.07 Å². The molecule has 0 spiro atoms. The van der Waals surface area contributed by atoms with E-state index in [9.17, 15) is 13.2 Å². The molecule has 102 valence electrons. The van der Waals surface area contributed by atoms with Crippen LogP contribution >= 0.6 is 11.3 Å². The summed E-state index contributed by atoms with van der Waals surface area (Å²) in [5, 5.41) is 11.3. The van der Waals surface area contributed by atoms with Crippen LogP contribution in [0.4, 0.5) is 13.2 Å². The molecule has 0 aliphatic rings. The van der Waals surface area contributed by atoms with Crippen LogP contribution in [0.5, 0.6) is 0 Å². The number of nitrogens with zero attached hydrogens (tertiary/aromatic N) is 2. The van der Waals surface area contributed by atoms with E-state index in [1.165, 1.54) is 35.6 Å². The molecule has 1 aromatic carbocycles. The van der Waals surface area contributed by atoms with Gasteiger partial charge >= 0.3 is 6.18 Å². The quantitative estimate of drug-likeness (QED) is 0.763. The van der Waals surface area contributed by atoms with E-state index in [0.29, 0.717) is 5.01 Å². The third kappa shape index (κ3) is 3.06. The number of nitriles is 1. The minimum atomic E-state index is -4.45. The molecule has 0 N–H and O–H groups in total. The second kappa shape index (κ2) is 5.47. The number of hydrogen-bond donors (Lipinski definition) is 0. The number of thiazole rings is 1. The Kier molecular flexibility index (Phi) is 3.91. The molecule has 0 aliphatic heterocycles. The largest absolute Gasteiger partial charge is 0.416 e. The van der Waals surface area contributed by atoms with Crippen molar-refractivity contribution in [1.82, 2.24) is 4.98 Å². The van der Waals surface area contributed by atoms with Gasteiger partial charge in [0.05, 0.1) is 11.1 Å². The van der Waals surface area contributed by atoms with E-state index in [1.54, 1.807) is 12.3 Å². The Labute approximate surface area is 117 Å². The highest BCUT2D eigenvalue weighted by Crippen LogP contribution is 2.33. The van der Waals surface area contributed by atoms with Crippen molar-refractivity contribution in [3.8, 4) is 6.07 Å². The Bertz CT molecular complexity index is 693. The van der Waals surface area contributed by atoms with Crippen molar-refractivity contribution < 1.29 is 13.2 Å². The topological polar surface area (TPSA) is 36.7 Å². The van der Waals surface area contributed by atoms with Gasteiger partial charge in [-0.2, -0.15) is 18.4 Å². The fourth-order valence-electron chi connectivity index (χ4n) is 1.66. The molecule has 0 saturated carbocycles. The van der Waals surface area contributed by atoms with Crippen molar-refractivity contribution in [3.63, 3.8) is 0 Å². The summed E-state index contributed by atoms with van der Waals surface area (Å²) in [4.78, 5) is 4.12. The third-order valence-electron chi connectivity index (χ3n) is 2.54. The van der Waals surface area contributed by atoms with Crippen molar-refractivity contribution in [2.75, 3.05) is 0 Å². The first-order valence-corrected chi connectivity index (χ1v) is 6.50. The second-order valence-electron chi connectivity index (χ2n) is 4.05. The molecule has 0 aliphatic carbocycles. The van der Waals surface area contributed by atoms with Gasteiger partial charge in [-0.05, 0) is 24.6 Å². The minimum Gasteiger partial charge on any atom is -0.241 e. The lowest BCUT2D eigenvalue weighted by atomic mass is 10.0. The van der Waals surface area contributed by atoms with Gasteiger partial charge in [0, 0.05) is 11.1 Å². The molecule has 0 unspecified atom stereocenters. The fourth-order valence-corrected chi connectivity index (χ4v) is 2.42. The Morgan fingerprint density at radius 2 is 2.05 bits per heavy atom. The Morgan fingerprint density at radius 1 is 1.35 bits per heavy atom. The standard InChI is InChI=1S/C14H9F3N2S/c1-9-8-20-13(19-9)11(7-18)6-10-4-2-3-5-12(10)14(15,16)17/h2-6,8H,1H3/b11-6-. The van der Waals surface area contributed by atoms with Crippen LogP contribution in [0.2, 0.25) is 0 Å². The lowest BCUT2D eigenvalue weighted by Crippen LogP contribution is -2.07. The molecule has 0 fully saturated rings. The average molecular weight is 294 g/mol. The van der Waals surface area contributed by atoms with Crippen LogP contribution in [0.3, 0.4) is 0 Å². The predicted octanol–water partition coefficient (Wildman–Crippen LogP) is 4.53. The highest BCUT2D eigenvalue weighted by Gasteiger charge is 2.32. The lowest BCUT2D eigenvalue weighted by Gasteiger charge is -2.09. The fraction of sp³-hybridized carbons (Fsp3) is 0.143. The zero-order valence-corrected chi connectivity index (χ0v) is 11.2. The molecular weight excluding hydrogens is 285 g/mol. The van der Waals surface area contributed by atoms with Gasteiger partial charge in [-0.1, -0.05) is 18.2 Å². The van der Waals surface area contributed by atoms with Gasteiger partial charge in [-0.15, -0.1) is 11.3 Å². The number of alkyl halides is 3. The first-order valence-electron chi connectivity index (χ1n) is 5.62. The number of rotatable bonds is 2. The zero-order valence-electron chi connectivity index (χ0n) is 10.4. The number of aromatic nitrogens is 1. The molecule has 0 amide bonds. The van der Waals surface area contributed by atoms with Gasteiger partial charge < -0.3 is 0 Å². The van der Waals surface area contributed by atoms with Crippen molar-refractivity contribution >= 4 is 23.0 Å². The monoisotopic (exact) mass is 294 g/mol. The van der Waals surface area contributed by atoms with Gasteiger partial charge in [-0.25, -0.2) is 4.98 Å². The number of benzene rings is 1. The maximum Gasteiger partial charge on any atom is 0.416 e. The van der Waals surface area contributed by atoms with Crippen LogP contribution < -0.4 is 0 Å². The van der Waals surface area contributed by atoms with Crippen molar-refractivity contribution in [1.29, 1.82) is 5.26 Å². The van der Waals surface area contributed by atoms with Gasteiger partial charge in [0.15, 0.2) is 0 Å². The van der Waals surface area contributed by atoms with E-state index in [0.717, 1.165) is 11.8 Å². The lowest BCUT2D eigenvalue weighted by molar-refractivity contribution is -0.137. The predicted molar refractivity (Wildman–Crippen MR) is 71.8 cm³/mol. The molecule has 2 rings (SSSR count). The van der Waals surface area contributed by atoms with Crippen molar-refractivity contribution in [2.45, 2.75) is 13.1 Å². The number of allylic oxidation sites excluding steroid dienone is 1. The first kappa shape index (κ1) is 14.3. The van der Waals surface area contributed by atoms with Crippen molar-refractivity contribution in [2.24, 2.45) is 0 Å². The van der Waals surface area contributed by atoms with Gasteiger partial charge in [0.25, 0.3) is 0 Å². The summed E-state index contributed by atoms with van der Waals surface area (Å²) in [5.74, 6) is 0. The molecule has 0 bridgehead atoms. The van der Waals surface area contributed by atoms with E-state index >= 15 is 0 Å². The average Bonchev–Trinajstić information content (AvgIpc) is 2.82. The van der Waals surface area contributed by atoms with E-state index in [2.05, 4.69) is 4.98 Å². The van der Waals surface area contributed by atoms with Crippen molar-refractivity contribution in [3.05, 3.63) is 51.5 Å². The first-order chi connectivity index (χ1) is 9.41. The van der Waals surface area contributed by atoms with Crippen LogP contribution in [0.1, 0.15) is 21.8 Å². The normalized spacial score (nSPS) is 12.2. The molecular formula is C14H9F3N2S. The smallest absolute Gasteiger partial charge is 0.241 e. The molecule has 6 heteroatoms. The van der Waals surface area contributed by atoms with Crippen LogP contribution in [0.25, 0.3) is 11.6 Å². The molecule has 2 aromatic rings. The van der Waals surface area contributed by atoms with Crippen LogP contribution in [-0.2, 0) is 6.18 Å². The summed E-state index contributed by atoms with van der Waals surface area (Å²) in [5.41, 5.74) is 0.0560. The molecule has 2 nitrogen and oxygen atoms in total. The molecule has 1 heterocycles. The second-order valence-corrected chi connectivity index (χ2v) is 4.91. The molecule has 20 heavy (non-hydrogen) atoms. The van der Waals surface area contributed by atoms with E-state index in [4.69, 9.17) is 5.26 Å². The highest BCUT2D eigenvalue weighted by atomic mass is 32.1. The summed E-state index contributed by atoms with van der Waals surface area (Å²) in [6.45, 7) is 1.76. The van der Waals surface area contributed by atoms with Gasteiger partial charge in [0.1, 0.15) is 11.1 Å². The SMILES string of the molecule is Cc1csc(/C(C#N)=C\c2ccccc2C(F)(F)F)n1. The maximum atomic E-state index is 12.9. The van der Waals surface area contributed by atoms with Crippen LogP contribution in [0.15, 0.2) is 29.6 Å². The van der Waals surface area contributed by atoms with E-state index in [-0.39, 0.29) is 11.1 Å². The van der Waals surface area contributed by atoms with Crippen LogP contribution in [0, 0.1) is 18.3 Å². The maximum absolute atomic E-state index is 12.9. The summed E-state index contributed by atoms with van der Waals surface area (Å²) in [6, 6.07) is 7.05. The van der Waals surface area contributed by atoms with Crippen LogP contribution in [-0.4, -0.2) is 4.98 Å². The molecule has 0 saturated heterocycles. The number of halogens is 3. The van der Waals surface area contributed by atoms with Gasteiger partial charge in [-0.3, -0.25) is 0 Å². The number of hydrogen-bond acceptors (Lipinski definition) is 3. The Hall–Kier alpha value is -2.13. The van der Waals surface area contributed by atoms with E-state index < -0.39 is 11.7 Å². The van der Waals surface area contributed by atoms with Gasteiger partial charge in [0.2, 0.25) is 0 Å². The summed E-state index contributed by atoms with van der Waals surface area (Å²) >= 11 is 1.23. The summed E-state index contributed by atoms with van der Waals surface area (Å²) in [7, 11) is 0. The molecule has 0 radical (unpaired) electrons. The summed E-state index contributed by atoms with van der Waals surface area (Å²) < 4.78 is 38.7. The molecule has 0 atom stereocenters. The summed E-state index contributed by atoms with van der Waals surface area (Å²) in [6.07, 6.45) is -3.23. The molecule has 1 aromatic heterocycles. The Morgan fingerprint density at radius 3 is 2.60 bits per heavy atom. The third-order valence-corrected chi connectivity index (χ3v) is 3.53.